The average molecular weight is 270 g/mol. The van der Waals surface area contributed by atoms with E-state index in [0.29, 0.717) is 6.42 Å². The normalized spacial score (nSPS) is 21.7. The van der Waals surface area contributed by atoms with Crippen LogP contribution in [-0.4, -0.2) is 47.2 Å². The molecule has 0 radical (unpaired) electrons. The van der Waals surface area contributed by atoms with Gasteiger partial charge in [0.05, 0.1) is 0 Å². The molecule has 0 aromatic rings. The minimum absolute atomic E-state index is 0.188. The number of hydrogen-bond acceptors (Lipinski definition) is 3. The molecule has 0 aromatic carbocycles. The van der Waals surface area contributed by atoms with Gasteiger partial charge in [0.2, 0.25) is 0 Å². The van der Waals surface area contributed by atoms with Gasteiger partial charge in [0.1, 0.15) is 5.54 Å². The zero-order valence-electron chi connectivity index (χ0n) is 12.7. The summed E-state index contributed by atoms with van der Waals surface area (Å²) < 4.78 is 0. The molecule has 0 aromatic heterocycles. The molecule has 1 heterocycles. The van der Waals surface area contributed by atoms with E-state index in [0.717, 1.165) is 19.6 Å². The molecule has 1 aliphatic rings. The van der Waals surface area contributed by atoms with Crippen LogP contribution in [0.5, 0.6) is 0 Å². The van der Waals surface area contributed by atoms with Crippen LogP contribution in [0.1, 0.15) is 59.3 Å². The Balaban J connectivity index is 2.47. The number of nitrogens with zero attached hydrogens (tertiary/aromatic N) is 1. The number of hydrogen-bond donors (Lipinski definition) is 2. The Morgan fingerprint density at radius 1 is 1.21 bits per heavy atom. The maximum atomic E-state index is 11.5. The average Bonchev–Trinajstić information content (AvgIpc) is 2.26. The lowest BCUT2D eigenvalue weighted by Crippen LogP contribution is -2.54. The molecule has 1 fully saturated rings. The fraction of sp³-hybridized carbons (Fsp3) is 0.933. The van der Waals surface area contributed by atoms with E-state index in [1.54, 1.807) is 6.92 Å². The lowest BCUT2D eigenvalue weighted by molar-refractivity contribution is -0.145. The summed E-state index contributed by atoms with van der Waals surface area (Å²) >= 11 is 0. The van der Waals surface area contributed by atoms with Gasteiger partial charge in [-0.05, 0) is 53.1 Å². The molecule has 112 valence electrons. The highest BCUT2D eigenvalue weighted by molar-refractivity contribution is 5.78. The second-order valence-corrected chi connectivity index (χ2v) is 6.30. The van der Waals surface area contributed by atoms with E-state index in [4.69, 9.17) is 0 Å². The number of likely N-dealkylation sites (tertiary alicyclic amines) is 1. The van der Waals surface area contributed by atoms with Crippen molar-refractivity contribution < 1.29 is 9.90 Å². The fourth-order valence-corrected chi connectivity index (χ4v) is 2.80. The summed E-state index contributed by atoms with van der Waals surface area (Å²) in [6, 6.07) is 0.188. The van der Waals surface area contributed by atoms with E-state index in [9.17, 15) is 9.90 Å². The first kappa shape index (κ1) is 16.4. The van der Waals surface area contributed by atoms with Gasteiger partial charge in [-0.25, -0.2) is 0 Å². The third-order valence-corrected chi connectivity index (χ3v) is 3.96. The van der Waals surface area contributed by atoms with Gasteiger partial charge in [-0.3, -0.25) is 10.1 Å². The van der Waals surface area contributed by atoms with Crippen molar-refractivity contribution in [1.82, 2.24) is 10.2 Å². The van der Waals surface area contributed by atoms with Crippen molar-refractivity contribution in [3.63, 3.8) is 0 Å². The van der Waals surface area contributed by atoms with Crippen LogP contribution < -0.4 is 5.32 Å². The summed E-state index contributed by atoms with van der Waals surface area (Å²) in [5, 5.41) is 12.6. The Hall–Kier alpha value is -0.610. The van der Waals surface area contributed by atoms with Crippen molar-refractivity contribution >= 4 is 5.97 Å². The monoisotopic (exact) mass is 270 g/mol. The van der Waals surface area contributed by atoms with Crippen molar-refractivity contribution in [3.8, 4) is 0 Å². The molecular formula is C15H30N2O2. The molecule has 19 heavy (non-hydrogen) atoms. The molecule has 0 amide bonds. The first-order valence-electron chi connectivity index (χ1n) is 7.67. The quantitative estimate of drug-likeness (QED) is 0.778. The number of carboxylic acids is 1. The highest BCUT2D eigenvalue weighted by atomic mass is 16.4. The van der Waals surface area contributed by atoms with Crippen LogP contribution in [0.2, 0.25) is 0 Å². The Bertz CT molecular complexity index is 273. The lowest BCUT2D eigenvalue weighted by atomic mass is 9.96. The van der Waals surface area contributed by atoms with Gasteiger partial charge in [0, 0.05) is 12.6 Å². The summed E-state index contributed by atoms with van der Waals surface area (Å²) in [6.45, 7) is 8.92. The molecule has 1 saturated heterocycles. The maximum Gasteiger partial charge on any atom is 0.323 e. The number of rotatable bonds is 6. The first-order chi connectivity index (χ1) is 8.94. The molecule has 2 N–H and O–H groups in total. The second-order valence-electron chi connectivity index (χ2n) is 6.30. The Morgan fingerprint density at radius 3 is 2.21 bits per heavy atom. The van der Waals surface area contributed by atoms with Crippen LogP contribution in [0, 0.1) is 0 Å². The highest BCUT2D eigenvalue weighted by Gasteiger charge is 2.33. The number of carboxylic acid groups (broad SMARTS) is 1. The summed E-state index contributed by atoms with van der Waals surface area (Å²) in [4.78, 5) is 13.9. The van der Waals surface area contributed by atoms with Gasteiger partial charge in [-0.15, -0.1) is 0 Å². The predicted molar refractivity (Wildman–Crippen MR) is 78.5 cm³/mol. The van der Waals surface area contributed by atoms with Crippen LogP contribution in [0.15, 0.2) is 0 Å². The first-order valence-corrected chi connectivity index (χ1v) is 7.67. The SMILES string of the molecule is CC(C)NC(C)(CCN1CCCCCCC1)C(=O)O. The fourth-order valence-electron chi connectivity index (χ4n) is 2.80. The van der Waals surface area contributed by atoms with E-state index in [-0.39, 0.29) is 6.04 Å². The van der Waals surface area contributed by atoms with Crippen molar-refractivity contribution in [2.75, 3.05) is 19.6 Å². The molecular weight excluding hydrogens is 240 g/mol. The van der Waals surface area contributed by atoms with Gasteiger partial charge < -0.3 is 10.0 Å². The third-order valence-electron chi connectivity index (χ3n) is 3.96. The minimum Gasteiger partial charge on any atom is -0.480 e. The van der Waals surface area contributed by atoms with E-state index in [1.807, 2.05) is 13.8 Å². The van der Waals surface area contributed by atoms with Gasteiger partial charge >= 0.3 is 5.97 Å². The molecule has 4 nitrogen and oxygen atoms in total. The molecule has 1 unspecified atom stereocenters. The summed E-state index contributed by atoms with van der Waals surface area (Å²) in [5.74, 6) is -0.742. The lowest BCUT2D eigenvalue weighted by Gasteiger charge is -2.32. The van der Waals surface area contributed by atoms with Crippen molar-refractivity contribution in [1.29, 1.82) is 0 Å². The Kier molecular flexibility index (Phi) is 6.80. The molecule has 1 aliphatic heterocycles. The largest absolute Gasteiger partial charge is 0.480 e. The Morgan fingerprint density at radius 2 is 1.74 bits per heavy atom. The number of aliphatic carboxylic acids is 1. The zero-order chi connectivity index (χ0) is 14.3. The van der Waals surface area contributed by atoms with E-state index < -0.39 is 11.5 Å². The smallest absolute Gasteiger partial charge is 0.323 e. The van der Waals surface area contributed by atoms with Gasteiger partial charge in [0.15, 0.2) is 0 Å². The summed E-state index contributed by atoms with van der Waals surface area (Å²) in [6.07, 6.45) is 7.16. The van der Waals surface area contributed by atoms with Crippen LogP contribution in [0.4, 0.5) is 0 Å². The van der Waals surface area contributed by atoms with Crippen LogP contribution in [0.3, 0.4) is 0 Å². The highest BCUT2D eigenvalue weighted by Crippen LogP contribution is 2.15. The molecule has 4 heteroatoms. The predicted octanol–water partition coefficient (Wildman–Crippen LogP) is 2.48. The van der Waals surface area contributed by atoms with E-state index in [2.05, 4.69) is 10.2 Å². The maximum absolute atomic E-state index is 11.5. The number of nitrogens with one attached hydrogen (secondary N) is 1. The van der Waals surface area contributed by atoms with Gasteiger partial charge in [-0.1, -0.05) is 19.3 Å². The number of carbonyl (C=O) groups is 1. The van der Waals surface area contributed by atoms with Crippen molar-refractivity contribution in [2.24, 2.45) is 0 Å². The standard InChI is InChI=1S/C15H30N2O2/c1-13(2)16-15(3,14(18)19)9-12-17-10-7-5-4-6-8-11-17/h13,16H,4-12H2,1-3H3,(H,18,19). The van der Waals surface area contributed by atoms with Gasteiger partial charge in [-0.2, -0.15) is 0 Å². The Labute approximate surface area is 117 Å². The van der Waals surface area contributed by atoms with E-state index in [1.165, 1.54) is 32.1 Å². The van der Waals surface area contributed by atoms with Crippen LogP contribution >= 0.6 is 0 Å². The van der Waals surface area contributed by atoms with Crippen LogP contribution in [0.25, 0.3) is 0 Å². The molecule has 0 saturated carbocycles. The van der Waals surface area contributed by atoms with Gasteiger partial charge in [0.25, 0.3) is 0 Å². The third kappa shape index (κ3) is 5.91. The molecule has 0 aliphatic carbocycles. The van der Waals surface area contributed by atoms with E-state index >= 15 is 0 Å². The summed E-state index contributed by atoms with van der Waals surface area (Å²) in [7, 11) is 0. The van der Waals surface area contributed by atoms with Crippen LogP contribution in [-0.2, 0) is 4.79 Å². The second kappa shape index (κ2) is 7.85. The topological polar surface area (TPSA) is 52.6 Å². The van der Waals surface area contributed by atoms with Crippen molar-refractivity contribution in [2.45, 2.75) is 70.9 Å². The minimum atomic E-state index is -0.809. The molecule has 1 rings (SSSR count). The molecule has 0 spiro atoms. The zero-order valence-corrected chi connectivity index (χ0v) is 12.7. The molecule has 1 atom stereocenters. The summed E-state index contributed by atoms with van der Waals surface area (Å²) in [5.41, 5.74) is -0.809. The molecule has 0 bridgehead atoms. The van der Waals surface area contributed by atoms with Crippen molar-refractivity contribution in [3.05, 3.63) is 0 Å².